The summed E-state index contributed by atoms with van der Waals surface area (Å²) in [4.78, 5) is 33.8. The van der Waals surface area contributed by atoms with Crippen LogP contribution >= 0.6 is 0 Å². The standard InChI is InChI=1S/C18H18N6O2/c1-2-18(11-19)8-10-24(16(18)26)14-7-9-21-17(23-14)22-13-5-3-12(4-6-13)15(20)25/h3-7,9H,2,8,10H2,1H3,(H2,20,25)(H,21,22,23)/t18-/m1/s1. The van der Waals surface area contributed by atoms with Crippen molar-refractivity contribution in [2.24, 2.45) is 11.1 Å². The first-order valence-corrected chi connectivity index (χ1v) is 8.22. The van der Waals surface area contributed by atoms with E-state index in [0.717, 1.165) is 0 Å². The van der Waals surface area contributed by atoms with Crippen molar-refractivity contribution in [1.82, 2.24) is 9.97 Å². The molecular formula is C18H18N6O2. The van der Waals surface area contributed by atoms with Gasteiger partial charge < -0.3 is 11.1 Å². The summed E-state index contributed by atoms with van der Waals surface area (Å²) >= 11 is 0. The van der Waals surface area contributed by atoms with Crippen LogP contribution in [0.5, 0.6) is 0 Å². The smallest absolute Gasteiger partial charge is 0.248 e. The van der Waals surface area contributed by atoms with Crippen LogP contribution in [0.1, 0.15) is 30.1 Å². The van der Waals surface area contributed by atoms with Gasteiger partial charge in [-0.25, -0.2) is 4.98 Å². The van der Waals surface area contributed by atoms with E-state index in [0.29, 0.717) is 42.4 Å². The third kappa shape index (κ3) is 3.07. The molecule has 8 heteroatoms. The molecule has 1 aromatic heterocycles. The van der Waals surface area contributed by atoms with Gasteiger partial charge in [0.2, 0.25) is 17.8 Å². The summed E-state index contributed by atoms with van der Waals surface area (Å²) in [6.07, 6.45) is 2.51. The third-order valence-electron chi connectivity index (χ3n) is 4.58. The molecule has 1 aliphatic heterocycles. The van der Waals surface area contributed by atoms with Crippen molar-refractivity contribution in [3.05, 3.63) is 42.1 Å². The van der Waals surface area contributed by atoms with Crippen LogP contribution < -0.4 is 16.0 Å². The maximum atomic E-state index is 12.6. The Morgan fingerprint density at radius 3 is 2.69 bits per heavy atom. The van der Waals surface area contributed by atoms with E-state index < -0.39 is 11.3 Å². The van der Waals surface area contributed by atoms with Crippen molar-refractivity contribution in [2.75, 3.05) is 16.8 Å². The minimum Gasteiger partial charge on any atom is -0.366 e. The number of carbonyl (C=O) groups is 2. The molecule has 0 radical (unpaired) electrons. The largest absolute Gasteiger partial charge is 0.366 e. The van der Waals surface area contributed by atoms with Gasteiger partial charge >= 0.3 is 0 Å². The Labute approximate surface area is 150 Å². The van der Waals surface area contributed by atoms with Crippen LogP contribution in [-0.4, -0.2) is 28.3 Å². The number of anilines is 3. The van der Waals surface area contributed by atoms with E-state index in [1.54, 1.807) is 36.5 Å². The SMILES string of the molecule is CC[C@]1(C#N)CCN(c2ccnc(Nc3ccc(C(N)=O)cc3)n2)C1=O. The Morgan fingerprint density at radius 1 is 1.38 bits per heavy atom. The van der Waals surface area contributed by atoms with E-state index in [-0.39, 0.29) is 5.91 Å². The molecule has 0 spiro atoms. The number of primary amides is 1. The zero-order valence-corrected chi connectivity index (χ0v) is 14.3. The van der Waals surface area contributed by atoms with E-state index >= 15 is 0 Å². The highest BCUT2D eigenvalue weighted by Crippen LogP contribution is 2.36. The number of hydrogen-bond acceptors (Lipinski definition) is 6. The lowest BCUT2D eigenvalue weighted by molar-refractivity contribution is -0.123. The quantitative estimate of drug-likeness (QED) is 0.849. The molecule has 3 N–H and O–H groups in total. The molecule has 8 nitrogen and oxygen atoms in total. The Morgan fingerprint density at radius 2 is 2.12 bits per heavy atom. The highest BCUT2D eigenvalue weighted by Gasteiger charge is 2.46. The molecule has 0 unspecified atom stereocenters. The molecule has 1 saturated heterocycles. The molecular weight excluding hydrogens is 332 g/mol. The minimum absolute atomic E-state index is 0.224. The molecule has 1 fully saturated rings. The normalized spacial score (nSPS) is 19.2. The van der Waals surface area contributed by atoms with Crippen LogP contribution in [0.25, 0.3) is 0 Å². The van der Waals surface area contributed by atoms with Crippen molar-refractivity contribution in [2.45, 2.75) is 19.8 Å². The number of nitriles is 1. The van der Waals surface area contributed by atoms with Gasteiger partial charge in [0.15, 0.2) is 0 Å². The van der Waals surface area contributed by atoms with Crippen LogP contribution in [0.3, 0.4) is 0 Å². The topological polar surface area (TPSA) is 125 Å². The van der Waals surface area contributed by atoms with Crippen molar-refractivity contribution in [1.29, 1.82) is 5.26 Å². The van der Waals surface area contributed by atoms with Crippen molar-refractivity contribution in [3.63, 3.8) is 0 Å². The molecule has 26 heavy (non-hydrogen) atoms. The molecule has 2 amide bonds. The van der Waals surface area contributed by atoms with Crippen LogP contribution in [0.4, 0.5) is 17.5 Å². The summed E-state index contributed by atoms with van der Waals surface area (Å²) in [5, 5.41) is 12.4. The van der Waals surface area contributed by atoms with E-state index in [4.69, 9.17) is 5.73 Å². The average Bonchev–Trinajstić information content (AvgIpc) is 2.99. The zero-order valence-electron chi connectivity index (χ0n) is 14.3. The second-order valence-electron chi connectivity index (χ2n) is 6.06. The van der Waals surface area contributed by atoms with E-state index in [1.807, 2.05) is 6.92 Å². The average molecular weight is 350 g/mol. The van der Waals surface area contributed by atoms with Gasteiger partial charge in [-0.3, -0.25) is 14.5 Å². The zero-order chi connectivity index (χ0) is 18.7. The third-order valence-corrected chi connectivity index (χ3v) is 4.58. The number of nitrogens with zero attached hydrogens (tertiary/aromatic N) is 4. The number of hydrogen-bond donors (Lipinski definition) is 2. The summed E-state index contributed by atoms with van der Waals surface area (Å²) in [6.45, 7) is 2.29. The van der Waals surface area contributed by atoms with Crippen molar-refractivity contribution >= 4 is 29.3 Å². The number of carbonyl (C=O) groups excluding carboxylic acids is 2. The number of rotatable bonds is 5. The first-order valence-electron chi connectivity index (χ1n) is 8.22. The summed E-state index contributed by atoms with van der Waals surface area (Å²) < 4.78 is 0. The Bertz CT molecular complexity index is 889. The van der Waals surface area contributed by atoms with Crippen LogP contribution in [0, 0.1) is 16.7 Å². The summed E-state index contributed by atoms with van der Waals surface area (Å²) in [7, 11) is 0. The van der Waals surface area contributed by atoms with E-state index in [9.17, 15) is 14.9 Å². The van der Waals surface area contributed by atoms with Gasteiger partial charge in [-0.15, -0.1) is 0 Å². The Balaban J connectivity index is 1.80. The summed E-state index contributed by atoms with van der Waals surface area (Å²) in [6, 6.07) is 10.4. The van der Waals surface area contributed by atoms with Gasteiger partial charge in [-0.1, -0.05) is 6.92 Å². The molecule has 0 aliphatic carbocycles. The maximum absolute atomic E-state index is 12.6. The fraction of sp³-hybridized carbons (Fsp3) is 0.278. The molecule has 0 saturated carbocycles. The van der Waals surface area contributed by atoms with Gasteiger partial charge in [-0.05, 0) is 43.2 Å². The lowest BCUT2D eigenvalue weighted by Crippen LogP contribution is -2.33. The monoisotopic (exact) mass is 350 g/mol. The van der Waals surface area contributed by atoms with E-state index in [2.05, 4.69) is 21.4 Å². The maximum Gasteiger partial charge on any atom is 0.248 e. The predicted molar refractivity (Wildman–Crippen MR) is 95.6 cm³/mol. The fourth-order valence-corrected chi connectivity index (χ4v) is 2.91. The molecule has 3 rings (SSSR count). The molecule has 2 aromatic rings. The van der Waals surface area contributed by atoms with Crippen molar-refractivity contribution in [3.8, 4) is 6.07 Å². The molecule has 132 valence electrons. The van der Waals surface area contributed by atoms with Crippen molar-refractivity contribution < 1.29 is 9.59 Å². The van der Waals surface area contributed by atoms with Crippen LogP contribution in [-0.2, 0) is 4.79 Å². The fourth-order valence-electron chi connectivity index (χ4n) is 2.91. The minimum atomic E-state index is -0.969. The first-order chi connectivity index (χ1) is 12.5. The van der Waals surface area contributed by atoms with Gasteiger partial charge in [-0.2, -0.15) is 10.2 Å². The molecule has 1 aliphatic rings. The predicted octanol–water partition coefficient (Wildman–Crippen LogP) is 1.98. The molecule has 2 heterocycles. The van der Waals surface area contributed by atoms with Crippen LogP contribution in [0.15, 0.2) is 36.5 Å². The number of amides is 2. The number of benzene rings is 1. The van der Waals surface area contributed by atoms with E-state index in [1.165, 1.54) is 4.90 Å². The lowest BCUT2D eigenvalue weighted by Gasteiger charge is -2.19. The lowest BCUT2D eigenvalue weighted by atomic mass is 9.85. The van der Waals surface area contributed by atoms with Gasteiger partial charge in [0.1, 0.15) is 11.2 Å². The second kappa shape index (κ2) is 6.80. The molecule has 1 aromatic carbocycles. The molecule has 1 atom stereocenters. The summed E-state index contributed by atoms with van der Waals surface area (Å²) in [5.74, 6) is 0.0390. The number of nitrogens with two attached hydrogens (primary N) is 1. The van der Waals surface area contributed by atoms with Gasteiger partial charge in [0.25, 0.3) is 0 Å². The van der Waals surface area contributed by atoms with Gasteiger partial charge in [0.05, 0.1) is 6.07 Å². The Kier molecular flexibility index (Phi) is 4.54. The summed E-state index contributed by atoms with van der Waals surface area (Å²) in [5.41, 5.74) is 5.33. The number of nitrogens with one attached hydrogen (secondary N) is 1. The first kappa shape index (κ1) is 17.4. The Hall–Kier alpha value is -3.47. The van der Waals surface area contributed by atoms with Crippen LogP contribution in [0.2, 0.25) is 0 Å². The number of aromatic nitrogens is 2. The molecule has 0 bridgehead atoms. The van der Waals surface area contributed by atoms with Gasteiger partial charge in [0, 0.05) is 24.0 Å². The highest BCUT2D eigenvalue weighted by molar-refractivity contribution is 6.01. The second-order valence-corrected chi connectivity index (χ2v) is 6.06. The highest BCUT2D eigenvalue weighted by atomic mass is 16.2.